The van der Waals surface area contributed by atoms with Gasteiger partial charge in [-0.25, -0.2) is 9.50 Å². The van der Waals surface area contributed by atoms with E-state index in [1.165, 1.54) is 11.3 Å². The molecule has 0 radical (unpaired) electrons. The molecular weight excluding hydrogens is 492 g/mol. The lowest BCUT2D eigenvalue weighted by Crippen LogP contribution is -2.39. The second-order valence-corrected chi connectivity index (χ2v) is 9.93. The van der Waals surface area contributed by atoms with Crippen molar-refractivity contribution in [3.63, 3.8) is 0 Å². The first-order valence-electron chi connectivity index (χ1n) is 12.1. The predicted molar refractivity (Wildman–Crippen MR) is 134 cm³/mol. The smallest absolute Gasteiger partial charge is 0.276 e. The highest BCUT2D eigenvalue weighted by molar-refractivity contribution is 7.09. The Morgan fingerprint density at radius 3 is 2.81 bits per heavy atom. The molecule has 0 bridgehead atoms. The van der Waals surface area contributed by atoms with Gasteiger partial charge in [-0.05, 0) is 38.8 Å². The van der Waals surface area contributed by atoms with Crippen LogP contribution in [0.2, 0.25) is 0 Å². The Balaban J connectivity index is 1.23. The molecule has 0 atom stereocenters. The van der Waals surface area contributed by atoms with Crippen LogP contribution in [0, 0.1) is 25.2 Å². The van der Waals surface area contributed by atoms with Crippen molar-refractivity contribution < 1.29 is 14.0 Å². The number of amides is 2. The highest BCUT2D eigenvalue weighted by Gasteiger charge is 2.29. The fourth-order valence-corrected chi connectivity index (χ4v) is 5.48. The number of nitriles is 1. The summed E-state index contributed by atoms with van der Waals surface area (Å²) in [6, 6.07) is 7.49. The van der Waals surface area contributed by atoms with Crippen LogP contribution in [-0.2, 0) is 6.54 Å². The second kappa shape index (κ2) is 10.5. The van der Waals surface area contributed by atoms with Gasteiger partial charge in [0.05, 0.1) is 41.7 Å². The number of hydrogen-bond acceptors (Lipinski definition) is 9. The number of fused-ring (bicyclic) bond motifs is 1. The van der Waals surface area contributed by atoms with Crippen molar-refractivity contribution in [3.8, 4) is 6.07 Å². The Kier molecular flexibility index (Phi) is 6.96. The SMILES string of the molecule is Cc1cc2nnc(C(=O)N3CCC(c4nc(C(=O)N(CCC#N)Cc5ccco5)cs4)CC3)c(C)n2n1. The first-order valence-corrected chi connectivity index (χ1v) is 13.0. The number of furan rings is 1. The van der Waals surface area contributed by atoms with Gasteiger partial charge in [-0.3, -0.25) is 9.59 Å². The molecule has 1 aliphatic heterocycles. The summed E-state index contributed by atoms with van der Waals surface area (Å²) in [6.07, 6.45) is 3.28. The number of carbonyl (C=O) groups excluding carboxylic acids is 2. The molecule has 1 aliphatic rings. The quantitative estimate of drug-likeness (QED) is 0.364. The molecule has 5 heterocycles. The summed E-state index contributed by atoms with van der Waals surface area (Å²) in [5.74, 6) is 0.442. The average molecular weight is 519 g/mol. The van der Waals surface area contributed by atoms with Crippen molar-refractivity contribution in [2.24, 2.45) is 0 Å². The first kappa shape index (κ1) is 24.6. The number of rotatable bonds is 7. The number of likely N-dealkylation sites (tertiary alicyclic amines) is 1. The van der Waals surface area contributed by atoms with Crippen LogP contribution in [0.1, 0.15) is 68.3 Å². The second-order valence-electron chi connectivity index (χ2n) is 9.04. The molecule has 4 aromatic heterocycles. The Morgan fingerprint density at radius 2 is 2.08 bits per heavy atom. The molecule has 1 fully saturated rings. The Bertz CT molecular complexity index is 1460. The highest BCUT2D eigenvalue weighted by Crippen LogP contribution is 2.31. The van der Waals surface area contributed by atoms with E-state index in [2.05, 4.69) is 26.3 Å². The van der Waals surface area contributed by atoms with Gasteiger partial charge in [-0.1, -0.05) is 0 Å². The van der Waals surface area contributed by atoms with E-state index in [1.54, 1.807) is 38.1 Å². The lowest BCUT2D eigenvalue weighted by atomic mass is 9.97. The van der Waals surface area contributed by atoms with Crippen molar-refractivity contribution >= 4 is 28.8 Å². The van der Waals surface area contributed by atoms with Gasteiger partial charge in [-0.15, -0.1) is 21.5 Å². The van der Waals surface area contributed by atoms with E-state index < -0.39 is 0 Å². The summed E-state index contributed by atoms with van der Waals surface area (Å²) < 4.78 is 7.04. The Labute approximate surface area is 217 Å². The van der Waals surface area contributed by atoms with Gasteiger partial charge in [-0.2, -0.15) is 10.4 Å². The van der Waals surface area contributed by atoms with Crippen LogP contribution in [0.4, 0.5) is 0 Å². The minimum absolute atomic E-state index is 0.153. The maximum Gasteiger partial charge on any atom is 0.276 e. The molecule has 0 aromatic carbocycles. The van der Waals surface area contributed by atoms with Crippen LogP contribution in [0.5, 0.6) is 0 Å². The molecule has 37 heavy (non-hydrogen) atoms. The van der Waals surface area contributed by atoms with Crippen LogP contribution >= 0.6 is 11.3 Å². The van der Waals surface area contributed by atoms with E-state index >= 15 is 0 Å². The number of thiazole rings is 1. The molecule has 11 nitrogen and oxygen atoms in total. The zero-order chi connectivity index (χ0) is 25.9. The highest BCUT2D eigenvalue weighted by atomic mass is 32.1. The molecule has 190 valence electrons. The number of nitrogens with zero attached hydrogens (tertiary/aromatic N) is 8. The maximum absolute atomic E-state index is 13.2. The summed E-state index contributed by atoms with van der Waals surface area (Å²) in [5, 5.41) is 24.4. The van der Waals surface area contributed by atoms with Crippen molar-refractivity contribution in [1.82, 2.24) is 34.6 Å². The molecule has 0 aliphatic carbocycles. The van der Waals surface area contributed by atoms with Gasteiger partial charge in [0.1, 0.15) is 11.5 Å². The van der Waals surface area contributed by atoms with E-state index in [-0.39, 0.29) is 30.7 Å². The van der Waals surface area contributed by atoms with Crippen LogP contribution in [0.25, 0.3) is 5.65 Å². The summed E-state index contributed by atoms with van der Waals surface area (Å²) in [4.78, 5) is 34.4. The summed E-state index contributed by atoms with van der Waals surface area (Å²) in [7, 11) is 0. The minimum atomic E-state index is -0.222. The zero-order valence-corrected chi connectivity index (χ0v) is 21.4. The third kappa shape index (κ3) is 5.08. The third-order valence-corrected chi connectivity index (χ3v) is 7.52. The molecule has 0 spiro atoms. The molecule has 1 saturated heterocycles. The molecule has 2 amide bonds. The van der Waals surface area contributed by atoms with Crippen molar-refractivity contribution in [2.75, 3.05) is 19.6 Å². The number of hydrogen-bond donors (Lipinski definition) is 0. The van der Waals surface area contributed by atoms with Crippen LogP contribution < -0.4 is 0 Å². The minimum Gasteiger partial charge on any atom is -0.467 e. The molecule has 5 rings (SSSR count). The van der Waals surface area contributed by atoms with E-state index in [0.29, 0.717) is 48.1 Å². The first-order chi connectivity index (χ1) is 17.9. The van der Waals surface area contributed by atoms with E-state index in [1.807, 2.05) is 19.9 Å². The van der Waals surface area contributed by atoms with Crippen molar-refractivity contribution in [1.29, 1.82) is 5.26 Å². The lowest BCUT2D eigenvalue weighted by Gasteiger charge is -2.31. The fraction of sp³-hybridized carbons (Fsp3) is 0.400. The average Bonchev–Trinajstić information content (AvgIpc) is 3.67. The van der Waals surface area contributed by atoms with Gasteiger partial charge < -0.3 is 14.2 Å². The summed E-state index contributed by atoms with van der Waals surface area (Å²) in [6.45, 7) is 5.42. The third-order valence-electron chi connectivity index (χ3n) is 6.51. The lowest BCUT2D eigenvalue weighted by molar-refractivity contribution is 0.0703. The molecule has 12 heteroatoms. The van der Waals surface area contributed by atoms with Gasteiger partial charge in [0.15, 0.2) is 11.3 Å². The monoisotopic (exact) mass is 518 g/mol. The summed E-state index contributed by atoms with van der Waals surface area (Å²) in [5.41, 5.74) is 2.79. The van der Waals surface area contributed by atoms with Gasteiger partial charge in [0.25, 0.3) is 11.8 Å². The van der Waals surface area contributed by atoms with Crippen LogP contribution in [0.15, 0.2) is 34.3 Å². The summed E-state index contributed by atoms with van der Waals surface area (Å²) >= 11 is 1.46. The molecule has 4 aromatic rings. The fourth-order valence-electron chi connectivity index (χ4n) is 4.52. The number of aromatic nitrogens is 5. The normalized spacial score (nSPS) is 14.1. The Morgan fingerprint density at radius 1 is 1.27 bits per heavy atom. The standard InChI is InChI=1S/C25H26N8O3S/c1-16-13-21-28-29-22(17(2)33(21)30-16)25(35)31-10-6-18(7-11-31)23-27-20(15-37-23)24(34)32(9-4-8-26)14-19-5-3-12-36-19/h3,5,12-13,15,18H,4,6-7,9-11,14H2,1-2H3. The van der Waals surface area contributed by atoms with Gasteiger partial charge in [0.2, 0.25) is 0 Å². The van der Waals surface area contributed by atoms with E-state index in [9.17, 15) is 9.59 Å². The number of aryl methyl sites for hydroxylation is 2. The van der Waals surface area contributed by atoms with Crippen molar-refractivity contribution in [3.05, 3.63) is 63.4 Å². The predicted octanol–water partition coefficient (Wildman–Crippen LogP) is 3.37. The zero-order valence-electron chi connectivity index (χ0n) is 20.6. The molecule has 0 N–H and O–H groups in total. The number of carbonyl (C=O) groups is 2. The Hall–Kier alpha value is -4.11. The van der Waals surface area contributed by atoms with Crippen LogP contribution in [-0.4, -0.2) is 66.0 Å². The molecular formula is C25H26N8O3S. The van der Waals surface area contributed by atoms with Gasteiger partial charge in [0, 0.05) is 37.0 Å². The van der Waals surface area contributed by atoms with Crippen LogP contribution in [0.3, 0.4) is 0 Å². The van der Waals surface area contributed by atoms with E-state index in [4.69, 9.17) is 9.68 Å². The van der Waals surface area contributed by atoms with Crippen molar-refractivity contribution in [2.45, 2.75) is 45.6 Å². The largest absolute Gasteiger partial charge is 0.467 e. The molecule has 0 unspecified atom stereocenters. The maximum atomic E-state index is 13.2. The number of piperidine rings is 1. The topological polar surface area (TPSA) is 134 Å². The van der Waals surface area contributed by atoms with Gasteiger partial charge >= 0.3 is 0 Å². The molecule has 0 saturated carbocycles. The van der Waals surface area contributed by atoms with E-state index in [0.717, 1.165) is 23.5 Å².